The third kappa shape index (κ3) is 3.81. The standard InChI is InChI=1S/C22H18ClN3O3S/c1-13-8-17(18(29-2)9-16(13)23)25-19(27)10-26-12-24-21-20(22(26)28)15(11-30-21)14-6-4-3-5-7-14/h3-9,11-12H,10H2,1-2H3,(H,25,27). The lowest BCUT2D eigenvalue weighted by Gasteiger charge is -2.13. The summed E-state index contributed by atoms with van der Waals surface area (Å²) < 4.78 is 6.60. The minimum atomic E-state index is -0.366. The number of hydrogen-bond donors (Lipinski definition) is 1. The number of fused-ring (bicyclic) bond motifs is 1. The van der Waals surface area contributed by atoms with Crippen molar-refractivity contribution in [2.75, 3.05) is 12.4 Å². The van der Waals surface area contributed by atoms with Crippen LogP contribution in [-0.4, -0.2) is 22.6 Å². The van der Waals surface area contributed by atoms with Crippen LogP contribution < -0.4 is 15.6 Å². The molecule has 2 heterocycles. The van der Waals surface area contributed by atoms with Gasteiger partial charge in [0.05, 0.1) is 24.5 Å². The van der Waals surface area contributed by atoms with Crippen LogP contribution in [-0.2, 0) is 11.3 Å². The third-order valence-corrected chi connectivity index (χ3v) is 6.01. The van der Waals surface area contributed by atoms with Crippen LogP contribution in [0.2, 0.25) is 5.02 Å². The van der Waals surface area contributed by atoms with Crippen LogP contribution in [0.25, 0.3) is 21.3 Å². The fourth-order valence-electron chi connectivity index (χ4n) is 3.18. The number of rotatable bonds is 5. The average Bonchev–Trinajstić information content (AvgIpc) is 3.18. The number of amides is 1. The fourth-order valence-corrected chi connectivity index (χ4v) is 4.24. The summed E-state index contributed by atoms with van der Waals surface area (Å²) in [5, 5.41) is 5.76. The number of aryl methyl sites for hydroxylation is 1. The second kappa shape index (κ2) is 8.30. The fraction of sp³-hybridized carbons (Fsp3) is 0.136. The summed E-state index contributed by atoms with van der Waals surface area (Å²) in [6, 6.07) is 13.0. The number of thiophene rings is 1. The van der Waals surface area contributed by atoms with E-state index in [0.717, 1.165) is 16.7 Å². The maximum atomic E-state index is 13.1. The lowest BCUT2D eigenvalue weighted by Crippen LogP contribution is -2.28. The lowest BCUT2D eigenvalue weighted by atomic mass is 10.1. The lowest BCUT2D eigenvalue weighted by molar-refractivity contribution is -0.116. The van der Waals surface area contributed by atoms with Gasteiger partial charge in [-0.3, -0.25) is 14.2 Å². The summed E-state index contributed by atoms with van der Waals surface area (Å²) in [7, 11) is 1.50. The van der Waals surface area contributed by atoms with Crippen LogP contribution in [0.4, 0.5) is 5.69 Å². The van der Waals surface area contributed by atoms with E-state index in [2.05, 4.69) is 10.3 Å². The van der Waals surface area contributed by atoms with E-state index in [1.807, 2.05) is 42.6 Å². The van der Waals surface area contributed by atoms with Gasteiger partial charge in [-0.1, -0.05) is 41.9 Å². The molecular weight excluding hydrogens is 422 g/mol. The van der Waals surface area contributed by atoms with Gasteiger partial charge in [-0.25, -0.2) is 4.98 Å². The topological polar surface area (TPSA) is 73.2 Å². The van der Waals surface area contributed by atoms with E-state index < -0.39 is 0 Å². The Balaban J connectivity index is 1.65. The number of carbonyl (C=O) groups is 1. The Labute approximate surface area is 181 Å². The zero-order chi connectivity index (χ0) is 21.3. The smallest absolute Gasteiger partial charge is 0.263 e. The Kier molecular flexibility index (Phi) is 5.57. The van der Waals surface area contributed by atoms with Crippen molar-refractivity contribution in [1.82, 2.24) is 9.55 Å². The molecule has 0 unspecified atom stereocenters. The minimum Gasteiger partial charge on any atom is -0.495 e. The molecule has 1 N–H and O–H groups in total. The molecule has 30 heavy (non-hydrogen) atoms. The number of anilines is 1. The highest BCUT2D eigenvalue weighted by Crippen LogP contribution is 2.31. The Morgan fingerprint density at radius 1 is 1.27 bits per heavy atom. The van der Waals surface area contributed by atoms with Crippen LogP contribution >= 0.6 is 22.9 Å². The normalized spacial score (nSPS) is 10.9. The number of ether oxygens (including phenoxy) is 1. The molecule has 0 aliphatic rings. The first-order chi connectivity index (χ1) is 14.5. The number of carbonyl (C=O) groups excluding carboxylic acids is 1. The number of benzene rings is 2. The molecule has 2 aromatic heterocycles. The molecule has 0 aliphatic heterocycles. The first kappa shape index (κ1) is 20.1. The van der Waals surface area contributed by atoms with E-state index >= 15 is 0 Å². The van der Waals surface area contributed by atoms with Crippen molar-refractivity contribution in [3.8, 4) is 16.9 Å². The molecule has 2 aromatic carbocycles. The van der Waals surface area contributed by atoms with Crippen molar-refractivity contribution in [2.24, 2.45) is 0 Å². The predicted molar refractivity (Wildman–Crippen MR) is 121 cm³/mol. The predicted octanol–water partition coefficient (Wildman–Crippen LogP) is 4.73. The van der Waals surface area contributed by atoms with Crippen LogP contribution in [0.3, 0.4) is 0 Å². The summed E-state index contributed by atoms with van der Waals surface area (Å²) in [6.07, 6.45) is 1.40. The molecular formula is C22H18ClN3O3S. The summed E-state index contributed by atoms with van der Waals surface area (Å²) in [4.78, 5) is 30.8. The maximum absolute atomic E-state index is 13.1. The average molecular weight is 440 g/mol. The first-order valence-electron chi connectivity index (χ1n) is 9.14. The Hall–Kier alpha value is -3.16. The molecule has 0 aliphatic carbocycles. The van der Waals surface area contributed by atoms with Crippen molar-refractivity contribution in [3.63, 3.8) is 0 Å². The quantitative estimate of drug-likeness (QED) is 0.487. The SMILES string of the molecule is COc1cc(Cl)c(C)cc1NC(=O)Cn1cnc2scc(-c3ccccc3)c2c1=O. The molecule has 4 aromatic rings. The number of halogens is 1. The second-order valence-corrected chi connectivity index (χ2v) is 7.99. The van der Waals surface area contributed by atoms with Crippen LogP contribution in [0, 0.1) is 6.92 Å². The van der Waals surface area contributed by atoms with E-state index in [4.69, 9.17) is 16.3 Å². The summed E-state index contributed by atoms with van der Waals surface area (Å²) in [6.45, 7) is 1.66. The molecule has 0 fully saturated rings. The van der Waals surface area contributed by atoms with E-state index in [9.17, 15) is 9.59 Å². The number of nitrogens with one attached hydrogen (secondary N) is 1. The van der Waals surface area contributed by atoms with E-state index in [-0.39, 0.29) is 18.0 Å². The molecule has 1 amide bonds. The van der Waals surface area contributed by atoms with Gasteiger partial charge in [0, 0.05) is 22.0 Å². The Morgan fingerprint density at radius 2 is 2.03 bits per heavy atom. The summed E-state index contributed by atoms with van der Waals surface area (Å²) >= 11 is 7.52. The van der Waals surface area contributed by atoms with E-state index in [0.29, 0.717) is 26.7 Å². The number of nitrogens with zero attached hydrogens (tertiary/aromatic N) is 2. The molecule has 152 valence electrons. The molecule has 0 atom stereocenters. The largest absolute Gasteiger partial charge is 0.495 e. The van der Waals surface area contributed by atoms with Crippen molar-refractivity contribution in [2.45, 2.75) is 13.5 Å². The number of methoxy groups -OCH3 is 1. The van der Waals surface area contributed by atoms with Gasteiger partial charge in [0.25, 0.3) is 5.56 Å². The van der Waals surface area contributed by atoms with Gasteiger partial charge in [0.15, 0.2) is 0 Å². The summed E-state index contributed by atoms with van der Waals surface area (Å²) in [5.41, 5.74) is 2.80. The number of hydrogen-bond acceptors (Lipinski definition) is 5. The second-order valence-electron chi connectivity index (χ2n) is 6.72. The van der Waals surface area contributed by atoms with Crippen molar-refractivity contribution >= 4 is 44.7 Å². The van der Waals surface area contributed by atoms with Gasteiger partial charge < -0.3 is 10.1 Å². The van der Waals surface area contributed by atoms with Crippen LogP contribution in [0.5, 0.6) is 5.75 Å². The van der Waals surface area contributed by atoms with Gasteiger partial charge in [-0.15, -0.1) is 11.3 Å². The summed E-state index contributed by atoms with van der Waals surface area (Å²) in [5.74, 6) is 0.0823. The van der Waals surface area contributed by atoms with Crippen LogP contribution in [0.15, 0.2) is 59.0 Å². The van der Waals surface area contributed by atoms with E-state index in [1.54, 1.807) is 12.1 Å². The van der Waals surface area contributed by atoms with Crippen molar-refractivity contribution < 1.29 is 9.53 Å². The molecule has 6 nitrogen and oxygen atoms in total. The molecule has 0 radical (unpaired) electrons. The maximum Gasteiger partial charge on any atom is 0.263 e. The van der Waals surface area contributed by atoms with Crippen LogP contribution in [0.1, 0.15) is 5.56 Å². The van der Waals surface area contributed by atoms with Gasteiger partial charge >= 0.3 is 0 Å². The molecule has 0 saturated heterocycles. The molecule has 0 bridgehead atoms. The molecule has 0 spiro atoms. The van der Waals surface area contributed by atoms with Crippen molar-refractivity contribution in [1.29, 1.82) is 0 Å². The highest BCUT2D eigenvalue weighted by Gasteiger charge is 2.16. The zero-order valence-electron chi connectivity index (χ0n) is 16.3. The highest BCUT2D eigenvalue weighted by molar-refractivity contribution is 7.17. The first-order valence-corrected chi connectivity index (χ1v) is 10.4. The Bertz CT molecular complexity index is 1300. The van der Waals surface area contributed by atoms with Gasteiger partial charge in [-0.05, 0) is 24.1 Å². The van der Waals surface area contributed by atoms with Gasteiger partial charge in [0.2, 0.25) is 5.91 Å². The monoisotopic (exact) mass is 439 g/mol. The minimum absolute atomic E-state index is 0.170. The molecule has 4 rings (SSSR count). The van der Waals surface area contributed by atoms with Crippen molar-refractivity contribution in [3.05, 3.63) is 75.1 Å². The Morgan fingerprint density at radius 3 is 2.77 bits per heavy atom. The number of aromatic nitrogens is 2. The molecule has 0 saturated carbocycles. The molecule has 8 heteroatoms. The zero-order valence-corrected chi connectivity index (χ0v) is 17.9. The van der Waals surface area contributed by atoms with Gasteiger partial charge in [-0.2, -0.15) is 0 Å². The highest BCUT2D eigenvalue weighted by atomic mass is 35.5. The van der Waals surface area contributed by atoms with E-state index in [1.165, 1.54) is 29.3 Å². The van der Waals surface area contributed by atoms with Gasteiger partial charge in [0.1, 0.15) is 17.1 Å². The third-order valence-electron chi connectivity index (χ3n) is 4.71.